The highest BCUT2D eigenvalue weighted by molar-refractivity contribution is 5.85. The average molecular weight is 238 g/mol. The van der Waals surface area contributed by atoms with E-state index in [-0.39, 0.29) is 5.97 Å². The SMILES string of the molecule is COC(=O)C=CC=Cc1ccc2ccccc2c1. The number of methoxy groups -OCH3 is 1. The zero-order valence-electron chi connectivity index (χ0n) is 10.2. The van der Waals surface area contributed by atoms with Crippen molar-refractivity contribution >= 4 is 22.8 Å². The molecule has 2 rings (SSSR count). The molecule has 0 aliphatic rings. The van der Waals surface area contributed by atoms with Crippen molar-refractivity contribution in [3.63, 3.8) is 0 Å². The number of fused-ring (bicyclic) bond motifs is 1. The standard InChI is InChI=1S/C16H14O2/c1-18-16(17)9-5-2-6-13-10-11-14-7-3-4-8-15(14)12-13/h2-12H,1H3. The smallest absolute Gasteiger partial charge is 0.330 e. The summed E-state index contributed by atoms with van der Waals surface area (Å²) in [4.78, 5) is 10.9. The second-order valence-electron chi connectivity index (χ2n) is 3.85. The van der Waals surface area contributed by atoms with Gasteiger partial charge in [0.1, 0.15) is 0 Å². The first-order valence-electron chi connectivity index (χ1n) is 5.71. The van der Waals surface area contributed by atoms with Crippen molar-refractivity contribution in [2.75, 3.05) is 7.11 Å². The van der Waals surface area contributed by atoms with Crippen molar-refractivity contribution < 1.29 is 9.53 Å². The Morgan fingerprint density at radius 2 is 1.83 bits per heavy atom. The highest BCUT2D eigenvalue weighted by Crippen LogP contribution is 2.16. The van der Waals surface area contributed by atoms with Crippen LogP contribution < -0.4 is 0 Å². The summed E-state index contributed by atoms with van der Waals surface area (Å²) in [7, 11) is 1.36. The van der Waals surface area contributed by atoms with Gasteiger partial charge in [-0.05, 0) is 22.4 Å². The Hall–Kier alpha value is -2.35. The van der Waals surface area contributed by atoms with Crippen molar-refractivity contribution in [2.45, 2.75) is 0 Å². The zero-order valence-corrected chi connectivity index (χ0v) is 10.2. The molecule has 0 N–H and O–H groups in total. The molecule has 0 saturated carbocycles. The van der Waals surface area contributed by atoms with Gasteiger partial charge in [-0.25, -0.2) is 4.79 Å². The monoisotopic (exact) mass is 238 g/mol. The van der Waals surface area contributed by atoms with Crippen molar-refractivity contribution in [3.05, 3.63) is 66.3 Å². The number of benzene rings is 2. The Morgan fingerprint density at radius 1 is 1.06 bits per heavy atom. The fraction of sp³-hybridized carbons (Fsp3) is 0.0625. The summed E-state index contributed by atoms with van der Waals surface area (Å²) in [6.07, 6.45) is 6.82. The molecule has 0 aliphatic carbocycles. The molecule has 2 heteroatoms. The predicted molar refractivity (Wildman–Crippen MR) is 74.1 cm³/mol. The Labute approximate surface area is 106 Å². The summed E-state index contributed by atoms with van der Waals surface area (Å²) >= 11 is 0. The van der Waals surface area contributed by atoms with Gasteiger partial charge in [0.05, 0.1) is 7.11 Å². The third kappa shape index (κ3) is 3.08. The minimum atomic E-state index is -0.349. The third-order valence-corrected chi connectivity index (χ3v) is 2.61. The normalized spacial score (nSPS) is 11.4. The first-order chi connectivity index (χ1) is 8.79. The van der Waals surface area contributed by atoms with E-state index in [9.17, 15) is 4.79 Å². The van der Waals surface area contributed by atoms with Gasteiger partial charge in [0.15, 0.2) is 0 Å². The summed E-state index contributed by atoms with van der Waals surface area (Å²) in [5.41, 5.74) is 1.10. The molecule has 0 amide bonds. The second kappa shape index (κ2) is 5.82. The number of carbonyl (C=O) groups is 1. The molecule has 0 aliphatic heterocycles. The number of esters is 1. The number of rotatable bonds is 3. The van der Waals surface area contributed by atoms with Crippen molar-refractivity contribution in [1.29, 1.82) is 0 Å². The molecule has 2 aromatic rings. The largest absolute Gasteiger partial charge is 0.466 e. The summed E-state index contributed by atoms with van der Waals surface area (Å²) in [6.45, 7) is 0. The van der Waals surface area contributed by atoms with Crippen LogP contribution in [-0.4, -0.2) is 13.1 Å². The first kappa shape index (κ1) is 12.1. The van der Waals surface area contributed by atoms with E-state index >= 15 is 0 Å². The van der Waals surface area contributed by atoms with E-state index in [1.54, 1.807) is 6.08 Å². The van der Waals surface area contributed by atoms with Gasteiger partial charge in [-0.2, -0.15) is 0 Å². The van der Waals surface area contributed by atoms with Crippen LogP contribution >= 0.6 is 0 Å². The molecule has 2 aromatic carbocycles. The Balaban J connectivity index is 2.14. The quantitative estimate of drug-likeness (QED) is 0.464. The van der Waals surface area contributed by atoms with E-state index in [1.807, 2.05) is 30.4 Å². The highest BCUT2D eigenvalue weighted by Gasteiger charge is 1.92. The molecule has 0 saturated heterocycles. The lowest BCUT2D eigenvalue weighted by molar-refractivity contribution is -0.134. The van der Waals surface area contributed by atoms with E-state index in [1.165, 1.54) is 24.0 Å². The Bertz CT molecular complexity index is 609. The Morgan fingerprint density at radius 3 is 2.61 bits per heavy atom. The van der Waals surface area contributed by atoms with Gasteiger partial charge < -0.3 is 4.74 Å². The van der Waals surface area contributed by atoms with Crippen LogP contribution in [0.3, 0.4) is 0 Å². The lowest BCUT2D eigenvalue weighted by Crippen LogP contribution is -1.92. The second-order valence-corrected chi connectivity index (χ2v) is 3.85. The molecule has 0 spiro atoms. The maximum atomic E-state index is 10.9. The fourth-order valence-corrected chi connectivity index (χ4v) is 1.68. The van der Waals surface area contributed by atoms with Crippen LogP contribution in [0.1, 0.15) is 5.56 Å². The number of hydrogen-bond acceptors (Lipinski definition) is 2. The molecule has 0 fully saturated rings. The summed E-state index contributed by atoms with van der Waals surface area (Å²) in [6, 6.07) is 14.4. The van der Waals surface area contributed by atoms with Crippen molar-refractivity contribution in [1.82, 2.24) is 0 Å². The van der Waals surface area contributed by atoms with Crippen molar-refractivity contribution in [2.24, 2.45) is 0 Å². The lowest BCUT2D eigenvalue weighted by Gasteiger charge is -1.98. The molecular formula is C16H14O2. The van der Waals surface area contributed by atoms with E-state index in [4.69, 9.17) is 0 Å². The van der Waals surface area contributed by atoms with E-state index < -0.39 is 0 Å². The van der Waals surface area contributed by atoms with Crippen molar-refractivity contribution in [3.8, 4) is 0 Å². The van der Waals surface area contributed by atoms with Gasteiger partial charge in [-0.15, -0.1) is 0 Å². The zero-order chi connectivity index (χ0) is 12.8. The molecule has 90 valence electrons. The van der Waals surface area contributed by atoms with E-state index in [2.05, 4.69) is 29.0 Å². The molecule has 0 bridgehead atoms. The Kier molecular flexibility index (Phi) is 3.92. The van der Waals surface area contributed by atoms with Crippen LogP contribution in [0, 0.1) is 0 Å². The maximum Gasteiger partial charge on any atom is 0.330 e. The molecule has 0 aromatic heterocycles. The summed E-state index contributed by atoms with van der Waals surface area (Å²) in [5, 5.41) is 2.43. The molecule has 0 atom stereocenters. The fourth-order valence-electron chi connectivity index (χ4n) is 1.68. The van der Waals surface area contributed by atoms with Gasteiger partial charge in [0.2, 0.25) is 0 Å². The topological polar surface area (TPSA) is 26.3 Å². The van der Waals surface area contributed by atoms with Crippen LogP contribution in [0.5, 0.6) is 0 Å². The van der Waals surface area contributed by atoms with Crippen LogP contribution in [-0.2, 0) is 9.53 Å². The number of allylic oxidation sites excluding steroid dienone is 2. The van der Waals surface area contributed by atoms with Crippen LogP contribution in [0.4, 0.5) is 0 Å². The summed E-state index contributed by atoms with van der Waals surface area (Å²) in [5.74, 6) is -0.349. The average Bonchev–Trinajstić information content (AvgIpc) is 2.43. The lowest BCUT2D eigenvalue weighted by atomic mass is 10.1. The molecule has 0 unspecified atom stereocenters. The predicted octanol–water partition coefficient (Wildman–Crippen LogP) is 3.58. The van der Waals surface area contributed by atoms with E-state index in [0.717, 1.165) is 5.56 Å². The molecule has 2 nitrogen and oxygen atoms in total. The highest BCUT2D eigenvalue weighted by atomic mass is 16.5. The van der Waals surface area contributed by atoms with Crippen LogP contribution in [0.2, 0.25) is 0 Å². The minimum Gasteiger partial charge on any atom is -0.466 e. The third-order valence-electron chi connectivity index (χ3n) is 2.61. The number of ether oxygens (including phenoxy) is 1. The van der Waals surface area contributed by atoms with Crippen LogP contribution in [0.15, 0.2) is 60.7 Å². The number of hydrogen-bond donors (Lipinski definition) is 0. The molecule has 0 radical (unpaired) electrons. The molecular weight excluding hydrogens is 224 g/mol. The van der Waals surface area contributed by atoms with E-state index in [0.29, 0.717) is 0 Å². The van der Waals surface area contributed by atoms with Gasteiger partial charge >= 0.3 is 5.97 Å². The van der Waals surface area contributed by atoms with Gasteiger partial charge in [-0.1, -0.05) is 54.6 Å². The molecule has 18 heavy (non-hydrogen) atoms. The summed E-state index contributed by atoms with van der Waals surface area (Å²) < 4.78 is 4.50. The van der Waals surface area contributed by atoms with Gasteiger partial charge in [0.25, 0.3) is 0 Å². The maximum absolute atomic E-state index is 10.9. The molecule has 0 heterocycles. The van der Waals surface area contributed by atoms with Gasteiger partial charge in [-0.3, -0.25) is 0 Å². The number of carbonyl (C=O) groups excluding carboxylic acids is 1. The first-order valence-corrected chi connectivity index (χ1v) is 5.71. The van der Waals surface area contributed by atoms with Gasteiger partial charge in [0, 0.05) is 6.08 Å². The van der Waals surface area contributed by atoms with Crippen LogP contribution in [0.25, 0.3) is 16.8 Å². The minimum absolute atomic E-state index is 0.349.